The van der Waals surface area contributed by atoms with Gasteiger partial charge in [0.1, 0.15) is 28.8 Å². The normalized spacial score (nSPS) is 14.6. The highest BCUT2D eigenvalue weighted by Gasteiger charge is 2.29. The van der Waals surface area contributed by atoms with Crippen LogP contribution in [-0.4, -0.2) is 45.0 Å². The minimum atomic E-state index is -0.600. The van der Waals surface area contributed by atoms with Gasteiger partial charge in [0.05, 0.1) is 38.6 Å². The molecular weight excluding hydrogens is 548 g/mol. The van der Waals surface area contributed by atoms with Crippen molar-refractivity contribution in [3.05, 3.63) is 77.6 Å². The smallest absolute Gasteiger partial charge is 0.407 e. The molecule has 4 aromatic rings. The number of rotatable bonds is 8. The van der Waals surface area contributed by atoms with E-state index < -0.39 is 11.7 Å². The second-order valence-electron chi connectivity index (χ2n) is 11.5. The topological polar surface area (TPSA) is 99.5 Å². The third-order valence-corrected chi connectivity index (χ3v) is 7.19. The zero-order valence-corrected chi connectivity index (χ0v) is 25.5. The number of anilines is 1. The fraction of sp³-hybridized carbons (Fsp3) is 0.353. The van der Waals surface area contributed by atoms with Crippen LogP contribution in [0.2, 0.25) is 0 Å². The summed E-state index contributed by atoms with van der Waals surface area (Å²) in [6.45, 7) is 8.42. The van der Waals surface area contributed by atoms with E-state index in [4.69, 9.17) is 23.4 Å². The van der Waals surface area contributed by atoms with Crippen LogP contribution in [0.25, 0.3) is 22.1 Å². The Morgan fingerprint density at radius 1 is 1.05 bits per heavy atom. The summed E-state index contributed by atoms with van der Waals surface area (Å²) in [4.78, 5) is 26.8. The van der Waals surface area contributed by atoms with E-state index in [-0.39, 0.29) is 25.0 Å². The highest BCUT2D eigenvalue weighted by Crippen LogP contribution is 2.43. The molecule has 0 fully saturated rings. The van der Waals surface area contributed by atoms with Crippen LogP contribution in [0.5, 0.6) is 11.5 Å². The quantitative estimate of drug-likeness (QED) is 0.225. The lowest BCUT2D eigenvalue weighted by Gasteiger charge is -2.35. The minimum absolute atomic E-state index is 0.130. The van der Waals surface area contributed by atoms with Crippen molar-refractivity contribution >= 4 is 28.7 Å². The SMILES string of the molecule is CCOC(=O)Cc1cccc2c1OC(c1cc(-c3cccc(CNC(=O)OC(C)(C)C)c3OC)c3occc3c1)CN2C. The van der Waals surface area contributed by atoms with Gasteiger partial charge in [-0.2, -0.15) is 0 Å². The zero-order valence-electron chi connectivity index (χ0n) is 25.5. The molecule has 43 heavy (non-hydrogen) atoms. The Bertz CT molecular complexity index is 1640. The van der Waals surface area contributed by atoms with E-state index in [1.165, 1.54) is 0 Å². The number of hydrogen-bond donors (Lipinski definition) is 1. The molecule has 0 bridgehead atoms. The molecule has 1 atom stereocenters. The summed E-state index contributed by atoms with van der Waals surface area (Å²) >= 11 is 0. The second-order valence-corrected chi connectivity index (χ2v) is 11.5. The summed E-state index contributed by atoms with van der Waals surface area (Å²) in [5.41, 5.74) is 5.22. The number of likely N-dealkylation sites (N-methyl/N-ethyl adjacent to an activating group) is 1. The number of carbonyl (C=O) groups excluding carboxylic acids is 2. The van der Waals surface area contributed by atoms with Gasteiger partial charge in [0.2, 0.25) is 0 Å². The Kier molecular flexibility index (Phi) is 8.52. The van der Waals surface area contributed by atoms with Gasteiger partial charge in [0.25, 0.3) is 0 Å². The average molecular weight is 587 g/mol. The van der Waals surface area contributed by atoms with Crippen LogP contribution in [0.1, 0.15) is 50.5 Å². The molecule has 0 radical (unpaired) electrons. The van der Waals surface area contributed by atoms with Crippen LogP contribution in [0.4, 0.5) is 10.5 Å². The second kappa shape index (κ2) is 12.3. The molecule has 1 aliphatic rings. The zero-order chi connectivity index (χ0) is 30.7. The Balaban J connectivity index is 1.50. The summed E-state index contributed by atoms with van der Waals surface area (Å²) in [6, 6.07) is 17.7. The maximum Gasteiger partial charge on any atom is 0.407 e. The van der Waals surface area contributed by atoms with Gasteiger partial charge in [-0.05, 0) is 57.5 Å². The van der Waals surface area contributed by atoms with E-state index in [9.17, 15) is 9.59 Å². The summed E-state index contributed by atoms with van der Waals surface area (Å²) in [5.74, 6) is 1.01. The lowest BCUT2D eigenvalue weighted by molar-refractivity contribution is -0.142. The fourth-order valence-corrected chi connectivity index (χ4v) is 5.36. The number of benzene rings is 3. The van der Waals surface area contributed by atoms with Gasteiger partial charge in [0.15, 0.2) is 0 Å². The van der Waals surface area contributed by atoms with Gasteiger partial charge in [0, 0.05) is 41.2 Å². The number of fused-ring (bicyclic) bond motifs is 2. The molecule has 3 aromatic carbocycles. The van der Waals surface area contributed by atoms with Crippen LogP contribution in [0.15, 0.2) is 65.3 Å². The number of para-hydroxylation sites is 2. The van der Waals surface area contributed by atoms with Gasteiger partial charge in [-0.3, -0.25) is 4.79 Å². The number of furan rings is 1. The molecule has 1 aliphatic heterocycles. The van der Waals surface area contributed by atoms with E-state index in [1.54, 1.807) is 20.3 Å². The van der Waals surface area contributed by atoms with Crippen molar-refractivity contribution in [2.45, 2.75) is 52.4 Å². The Hall–Kier alpha value is -4.66. The first-order valence-corrected chi connectivity index (χ1v) is 14.4. The highest BCUT2D eigenvalue weighted by molar-refractivity contribution is 5.95. The molecule has 1 N–H and O–H groups in total. The first-order valence-electron chi connectivity index (χ1n) is 14.4. The van der Waals surface area contributed by atoms with Gasteiger partial charge in [-0.1, -0.05) is 30.3 Å². The van der Waals surface area contributed by atoms with Gasteiger partial charge >= 0.3 is 12.1 Å². The number of ether oxygens (including phenoxy) is 4. The average Bonchev–Trinajstić information content (AvgIpc) is 3.44. The predicted molar refractivity (Wildman–Crippen MR) is 165 cm³/mol. The molecular formula is C34H38N2O7. The third kappa shape index (κ3) is 6.56. The molecule has 0 saturated heterocycles. The van der Waals surface area contributed by atoms with Gasteiger partial charge < -0.3 is 33.6 Å². The molecule has 9 nitrogen and oxygen atoms in total. The van der Waals surface area contributed by atoms with Crippen molar-refractivity contribution < 1.29 is 33.0 Å². The fourth-order valence-electron chi connectivity index (χ4n) is 5.36. The molecule has 0 aliphatic carbocycles. The lowest BCUT2D eigenvalue weighted by Crippen LogP contribution is -2.32. The molecule has 1 amide bonds. The summed E-state index contributed by atoms with van der Waals surface area (Å²) in [5, 5.41) is 3.74. The number of methoxy groups -OCH3 is 1. The number of esters is 1. The van der Waals surface area contributed by atoms with E-state index >= 15 is 0 Å². The Labute approximate surface area is 251 Å². The molecule has 0 spiro atoms. The van der Waals surface area contributed by atoms with Crippen LogP contribution in [-0.2, 0) is 27.2 Å². The van der Waals surface area contributed by atoms with Crippen molar-refractivity contribution in [1.29, 1.82) is 0 Å². The number of hydrogen-bond acceptors (Lipinski definition) is 8. The van der Waals surface area contributed by atoms with E-state index in [0.29, 0.717) is 30.2 Å². The molecule has 9 heteroatoms. The molecule has 226 valence electrons. The Morgan fingerprint density at radius 2 is 1.81 bits per heavy atom. The number of amides is 1. The summed E-state index contributed by atoms with van der Waals surface area (Å²) in [6.07, 6.45) is 0.975. The maximum atomic E-state index is 12.3. The number of nitrogens with one attached hydrogen (secondary N) is 1. The largest absolute Gasteiger partial charge is 0.496 e. The Morgan fingerprint density at radius 3 is 2.56 bits per heavy atom. The number of nitrogens with zero attached hydrogens (tertiary/aromatic N) is 1. The van der Waals surface area contributed by atoms with E-state index in [1.807, 2.05) is 70.3 Å². The molecule has 0 saturated carbocycles. The van der Waals surface area contributed by atoms with Crippen molar-refractivity contribution in [2.24, 2.45) is 0 Å². The van der Waals surface area contributed by atoms with Crippen molar-refractivity contribution in [3.63, 3.8) is 0 Å². The highest BCUT2D eigenvalue weighted by atomic mass is 16.6. The molecule has 1 aromatic heterocycles. The van der Waals surface area contributed by atoms with Gasteiger partial charge in [-0.15, -0.1) is 0 Å². The third-order valence-electron chi connectivity index (χ3n) is 7.19. The minimum Gasteiger partial charge on any atom is -0.496 e. The lowest BCUT2D eigenvalue weighted by atomic mass is 9.95. The predicted octanol–water partition coefficient (Wildman–Crippen LogP) is 6.81. The molecule has 2 heterocycles. The number of carbonyl (C=O) groups is 2. The van der Waals surface area contributed by atoms with Crippen LogP contribution in [0, 0.1) is 0 Å². The monoisotopic (exact) mass is 586 g/mol. The summed E-state index contributed by atoms with van der Waals surface area (Å²) < 4.78 is 29.1. The summed E-state index contributed by atoms with van der Waals surface area (Å²) in [7, 11) is 3.63. The maximum absolute atomic E-state index is 12.3. The van der Waals surface area contributed by atoms with Crippen LogP contribution in [0.3, 0.4) is 0 Å². The number of alkyl carbamates (subject to hydrolysis) is 1. The van der Waals surface area contributed by atoms with Crippen molar-refractivity contribution in [3.8, 4) is 22.6 Å². The van der Waals surface area contributed by atoms with Crippen LogP contribution < -0.4 is 19.7 Å². The van der Waals surface area contributed by atoms with Gasteiger partial charge in [-0.25, -0.2) is 4.79 Å². The van der Waals surface area contributed by atoms with E-state index in [2.05, 4.69) is 22.3 Å². The van der Waals surface area contributed by atoms with Crippen molar-refractivity contribution in [2.75, 3.05) is 32.2 Å². The first-order chi connectivity index (χ1) is 20.6. The van der Waals surface area contributed by atoms with E-state index in [0.717, 1.165) is 38.9 Å². The van der Waals surface area contributed by atoms with Crippen molar-refractivity contribution in [1.82, 2.24) is 5.32 Å². The first kappa shape index (κ1) is 29.8. The molecule has 1 unspecified atom stereocenters. The standard InChI is InChI=1S/C34H38N2O7/c1-7-40-29(37)18-21-10-9-13-27-32(21)42-28(20-36(27)5)24-16-22-14-15-41-31(22)26(17-24)25-12-8-11-23(30(25)39-6)19-35-33(38)43-34(2,3)4/h8-17,28H,7,18-20H2,1-6H3,(H,35,38). The molecule has 5 rings (SSSR count). The van der Waals surface area contributed by atoms with Crippen LogP contribution >= 0.6 is 0 Å².